The van der Waals surface area contributed by atoms with Crippen LogP contribution in [0.25, 0.3) is 11.0 Å². The molecule has 3 aromatic rings. The number of amides is 1. The highest BCUT2D eigenvalue weighted by Crippen LogP contribution is 2.50. The molecule has 1 fully saturated rings. The molecule has 5 heteroatoms. The zero-order valence-electron chi connectivity index (χ0n) is 15.1. The maximum atomic E-state index is 12.5. The van der Waals surface area contributed by atoms with Gasteiger partial charge < -0.3 is 14.6 Å². The van der Waals surface area contributed by atoms with Crippen LogP contribution in [0.5, 0.6) is 5.75 Å². The third-order valence-corrected chi connectivity index (χ3v) is 5.15. The van der Waals surface area contributed by atoms with E-state index in [1.807, 2.05) is 43.3 Å². The lowest BCUT2D eigenvalue weighted by Gasteiger charge is -2.10. The number of ether oxygens (including phenoxy) is 1. The van der Waals surface area contributed by atoms with Crippen molar-refractivity contribution in [2.45, 2.75) is 25.8 Å². The van der Waals surface area contributed by atoms with Gasteiger partial charge >= 0.3 is 0 Å². The van der Waals surface area contributed by atoms with E-state index in [-0.39, 0.29) is 17.7 Å². The topological polar surface area (TPSA) is 56.1 Å². The van der Waals surface area contributed by atoms with Crippen LogP contribution >= 0.6 is 0 Å². The summed E-state index contributed by atoms with van der Waals surface area (Å²) in [5.74, 6) is 2.28. The molecule has 1 amide bonds. The highest BCUT2D eigenvalue weighted by atomic mass is 16.5. The van der Waals surface area contributed by atoms with Gasteiger partial charge in [-0.3, -0.25) is 4.79 Å². The molecule has 26 heavy (non-hydrogen) atoms. The average Bonchev–Trinajstić information content (AvgIpc) is 3.40. The molecule has 0 saturated heterocycles. The Morgan fingerprint density at radius 2 is 2.00 bits per heavy atom. The van der Waals surface area contributed by atoms with Gasteiger partial charge in [0.2, 0.25) is 5.91 Å². The van der Waals surface area contributed by atoms with E-state index in [4.69, 9.17) is 4.74 Å². The van der Waals surface area contributed by atoms with Crippen LogP contribution in [0.1, 0.15) is 23.7 Å². The maximum absolute atomic E-state index is 12.5. The number of aryl methyl sites for hydroxylation is 1. The summed E-state index contributed by atoms with van der Waals surface area (Å²) in [5.41, 5.74) is 3.24. The average molecular weight is 349 g/mol. The number of benzene rings is 2. The van der Waals surface area contributed by atoms with E-state index in [2.05, 4.69) is 27.0 Å². The standard InChI is InChI=1S/C21H23N3O2/c1-14-23-18-8-4-5-9-19(18)24(14)12-11-22-21(25)17-13-16(17)15-7-3-6-10-20(15)26-2/h3-10,16-17H,11-13H2,1-2H3,(H,22,25)/t16-,17-/m1/s1. The van der Waals surface area contributed by atoms with Gasteiger partial charge in [-0.15, -0.1) is 0 Å². The van der Waals surface area contributed by atoms with Crippen LogP contribution in [0.4, 0.5) is 0 Å². The molecule has 1 saturated carbocycles. The third-order valence-electron chi connectivity index (χ3n) is 5.15. The van der Waals surface area contributed by atoms with Gasteiger partial charge in [0.05, 0.1) is 18.1 Å². The summed E-state index contributed by atoms with van der Waals surface area (Å²) in [5, 5.41) is 3.08. The molecule has 0 spiro atoms. The third kappa shape index (κ3) is 3.05. The van der Waals surface area contributed by atoms with Gasteiger partial charge in [0.1, 0.15) is 11.6 Å². The Bertz CT molecular complexity index is 947. The van der Waals surface area contributed by atoms with Crippen LogP contribution in [0.15, 0.2) is 48.5 Å². The SMILES string of the molecule is COc1ccccc1[C@H]1C[C@H]1C(=O)NCCn1c(C)nc2ccccc21. The van der Waals surface area contributed by atoms with Gasteiger partial charge in [-0.2, -0.15) is 0 Å². The first-order valence-electron chi connectivity index (χ1n) is 9.01. The van der Waals surface area contributed by atoms with E-state index >= 15 is 0 Å². The second-order valence-electron chi connectivity index (χ2n) is 6.78. The minimum Gasteiger partial charge on any atom is -0.496 e. The molecule has 1 aromatic heterocycles. The highest BCUT2D eigenvalue weighted by molar-refractivity contribution is 5.83. The lowest BCUT2D eigenvalue weighted by molar-refractivity contribution is -0.122. The molecule has 1 N–H and O–H groups in total. The van der Waals surface area contributed by atoms with E-state index in [9.17, 15) is 4.79 Å². The Labute approximate surface area is 153 Å². The molecule has 0 bridgehead atoms. The van der Waals surface area contributed by atoms with E-state index in [1.165, 1.54) is 0 Å². The largest absolute Gasteiger partial charge is 0.496 e. The number of methoxy groups -OCH3 is 1. The Morgan fingerprint density at radius 1 is 1.23 bits per heavy atom. The predicted octanol–water partition coefficient (Wildman–Crippen LogP) is 3.27. The number of carbonyl (C=O) groups is 1. The molecule has 1 aliphatic carbocycles. The second-order valence-corrected chi connectivity index (χ2v) is 6.78. The molecule has 134 valence electrons. The van der Waals surface area contributed by atoms with Crippen LogP contribution in [0, 0.1) is 12.8 Å². The number of nitrogens with zero attached hydrogens (tertiary/aromatic N) is 2. The number of nitrogens with one attached hydrogen (secondary N) is 1. The lowest BCUT2D eigenvalue weighted by atomic mass is 10.1. The molecule has 5 nitrogen and oxygen atoms in total. The summed E-state index contributed by atoms with van der Waals surface area (Å²) in [7, 11) is 1.67. The number of carbonyl (C=O) groups excluding carboxylic acids is 1. The number of rotatable bonds is 6. The van der Waals surface area contributed by atoms with Crippen LogP contribution < -0.4 is 10.1 Å². The molecule has 0 aliphatic heterocycles. The molecule has 2 atom stereocenters. The number of hydrogen-bond acceptors (Lipinski definition) is 3. The Morgan fingerprint density at radius 3 is 2.85 bits per heavy atom. The summed E-state index contributed by atoms with van der Waals surface area (Å²) in [6, 6.07) is 16.0. The summed E-state index contributed by atoms with van der Waals surface area (Å²) in [6.45, 7) is 3.33. The van der Waals surface area contributed by atoms with Gasteiger partial charge in [0, 0.05) is 19.0 Å². The summed E-state index contributed by atoms with van der Waals surface area (Å²) >= 11 is 0. The fourth-order valence-electron chi connectivity index (χ4n) is 3.70. The van der Waals surface area contributed by atoms with Gasteiger partial charge in [-0.05, 0) is 43.0 Å². The van der Waals surface area contributed by atoms with Crippen molar-refractivity contribution >= 4 is 16.9 Å². The number of hydrogen-bond donors (Lipinski definition) is 1. The quantitative estimate of drug-likeness (QED) is 0.743. The van der Waals surface area contributed by atoms with Crippen LogP contribution in [-0.4, -0.2) is 29.1 Å². The molecule has 4 rings (SSSR count). The minimum absolute atomic E-state index is 0.0481. The maximum Gasteiger partial charge on any atom is 0.223 e. The van der Waals surface area contributed by atoms with E-state index in [0.717, 1.165) is 41.1 Å². The Hall–Kier alpha value is -2.82. The van der Waals surface area contributed by atoms with Gasteiger partial charge in [-0.1, -0.05) is 30.3 Å². The molecule has 0 unspecified atom stereocenters. The fourth-order valence-corrected chi connectivity index (χ4v) is 3.70. The van der Waals surface area contributed by atoms with Crippen molar-refractivity contribution in [1.82, 2.24) is 14.9 Å². The van der Waals surface area contributed by atoms with E-state index < -0.39 is 0 Å². The van der Waals surface area contributed by atoms with E-state index in [0.29, 0.717) is 6.54 Å². The van der Waals surface area contributed by atoms with Crippen LogP contribution in [-0.2, 0) is 11.3 Å². The second kappa shape index (κ2) is 6.83. The van der Waals surface area contributed by atoms with E-state index in [1.54, 1.807) is 7.11 Å². The van der Waals surface area contributed by atoms with Gasteiger partial charge in [0.25, 0.3) is 0 Å². The zero-order valence-corrected chi connectivity index (χ0v) is 15.1. The van der Waals surface area contributed by atoms with Crippen molar-refractivity contribution in [3.8, 4) is 5.75 Å². The minimum atomic E-state index is 0.0481. The summed E-state index contributed by atoms with van der Waals surface area (Å²) in [6.07, 6.45) is 0.888. The van der Waals surface area contributed by atoms with Crippen molar-refractivity contribution < 1.29 is 9.53 Å². The Balaban J connectivity index is 1.36. The van der Waals surface area contributed by atoms with Crippen molar-refractivity contribution in [3.05, 3.63) is 59.9 Å². The molecule has 2 aromatic carbocycles. The molecule has 1 heterocycles. The number of imidazole rings is 1. The number of para-hydroxylation sites is 3. The van der Waals surface area contributed by atoms with Gasteiger partial charge in [0.15, 0.2) is 0 Å². The molecule has 1 aliphatic rings. The van der Waals surface area contributed by atoms with Gasteiger partial charge in [-0.25, -0.2) is 4.98 Å². The normalized spacial score (nSPS) is 18.7. The lowest BCUT2D eigenvalue weighted by Crippen LogP contribution is -2.29. The number of aromatic nitrogens is 2. The van der Waals surface area contributed by atoms with Crippen molar-refractivity contribution in [2.24, 2.45) is 5.92 Å². The first kappa shape index (κ1) is 16.6. The van der Waals surface area contributed by atoms with Crippen molar-refractivity contribution in [2.75, 3.05) is 13.7 Å². The predicted molar refractivity (Wildman–Crippen MR) is 101 cm³/mol. The summed E-state index contributed by atoms with van der Waals surface area (Å²) in [4.78, 5) is 17.1. The smallest absolute Gasteiger partial charge is 0.223 e. The van der Waals surface area contributed by atoms with Crippen LogP contribution in [0.2, 0.25) is 0 Å². The highest BCUT2D eigenvalue weighted by Gasteiger charge is 2.45. The monoisotopic (exact) mass is 349 g/mol. The van der Waals surface area contributed by atoms with Crippen molar-refractivity contribution in [3.63, 3.8) is 0 Å². The zero-order chi connectivity index (χ0) is 18.1. The molecular weight excluding hydrogens is 326 g/mol. The first-order valence-corrected chi connectivity index (χ1v) is 9.01. The number of fused-ring (bicyclic) bond motifs is 1. The summed E-state index contributed by atoms with van der Waals surface area (Å²) < 4.78 is 7.57. The molecule has 0 radical (unpaired) electrons. The Kier molecular flexibility index (Phi) is 4.37. The molecular formula is C21H23N3O2. The first-order chi connectivity index (χ1) is 12.7. The fraction of sp³-hybridized carbons (Fsp3) is 0.333. The van der Waals surface area contributed by atoms with Crippen molar-refractivity contribution in [1.29, 1.82) is 0 Å². The van der Waals surface area contributed by atoms with Crippen LogP contribution in [0.3, 0.4) is 0 Å².